The fourth-order valence-electron chi connectivity index (χ4n) is 2.48. The van der Waals surface area contributed by atoms with Gasteiger partial charge in [0, 0.05) is 16.1 Å². The highest BCUT2D eigenvalue weighted by molar-refractivity contribution is 6.31. The molecule has 0 aliphatic carbocycles. The predicted molar refractivity (Wildman–Crippen MR) is 92.4 cm³/mol. The Morgan fingerprint density at radius 3 is 2.57 bits per heavy atom. The smallest absolute Gasteiger partial charge is 0.292 e. The second-order valence-corrected chi connectivity index (χ2v) is 6.10. The van der Waals surface area contributed by atoms with Crippen molar-refractivity contribution in [3.63, 3.8) is 0 Å². The average Bonchev–Trinajstić information content (AvgIpc) is 2.93. The van der Waals surface area contributed by atoms with E-state index in [4.69, 9.17) is 16.0 Å². The molecule has 3 rings (SSSR count). The maximum Gasteiger partial charge on any atom is 0.292 e. The number of hydrogen-bond acceptors (Lipinski definition) is 3. The van der Waals surface area contributed by atoms with E-state index in [-0.39, 0.29) is 11.7 Å². The molecule has 0 aliphatic rings. The zero-order chi connectivity index (χ0) is 16.7. The van der Waals surface area contributed by atoms with Crippen LogP contribution in [0.2, 0.25) is 5.02 Å². The molecule has 0 spiro atoms. The van der Waals surface area contributed by atoms with Crippen LogP contribution in [0.3, 0.4) is 0 Å². The highest BCUT2D eigenvalue weighted by Crippen LogP contribution is 2.25. The number of amides is 1. The monoisotopic (exact) mass is 328 g/mol. The number of nitrogens with zero attached hydrogens (tertiary/aromatic N) is 1. The number of aryl methyl sites for hydroxylation is 1. The van der Waals surface area contributed by atoms with Gasteiger partial charge in [0.15, 0.2) is 5.76 Å². The number of carbonyl (C=O) groups is 1. The van der Waals surface area contributed by atoms with E-state index in [0.717, 1.165) is 27.8 Å². The number of fused-ring (bicyclic) bond motifs is 1. The van der Waals surface area contributed by atoms with Crippen LogP contribution < -0.4 is 5.32 Å². The van der Waals surface area contributed by atoms with Gasteiger partial charge < -0.3 is 9.73 Å². The van der Waals surface area contributed by atoms with Gasteiger partial charge in [0.05, 0.1) is 0 Å². The molecular weight excluding hydrogens is 312 g/mol. The van der Waals surface area contributed by atoms with E-state index in [0.29, 0.717) is 16.4 Å². The zero-order valence-electron chi connectivity index (χ0n) is 13.5. The van der Waals surface area contributed by atoms with Gasteiger partial charge in [0.25, 0.3) is 5.91 Å². The molecule has 23 heavy (non-hydrogen) atoms. The molecule has 1 amide bonds. The topological polar surface area (TPSA) is 55.1 Å². The summed E-state index contributed by atoms with van der Waals surface area (Å²) in [6, 6.07) is 6.92. The molecule has 5 heteroatoms. The van der Waals surface area contributed by atoms with Gasteiger partial charge in [-0.15, -0.1) is 0 Å². The summed E-state index contributed by atoms with van der Waals surface area (Å²) in [5.41, 5.74) is 4.75. The second-order valence-electron chi connectivity index (χ2n) is 5.67. The maximum atomic E-state index is 12.5. The lowest BCUT2D eigenvalue weighted by Crippen LogP contribution is -2.14. The van der Waals surface area contributed by atoms with Crippen molar-refractivity contribution in [1.29, 1.82) is 0 Å². The third-order valence-corrected chi connectivity index (χ3v) is 4.47. The molecule has 118 valence electrons. The van der Waals surface area contributed by atoms with E-state index in [2.05, 4.69) is 10.3 Å². The summed E-state index contributed by atoms with van der Waals surface area (Å²) >= 11 is 5.96. The minimum absolute atomic E-state index is 0.236. The summed E-state index contributed by atoms with van der Waals surface area (Å²) < 4.78 is 5.58. The summed E-state index contributed by atoms with van der Waals surface area (Å²) in [6.07, 6.45) is 0. The van der Waals surface area contributed by atoms with E-state index in [1.165, 1.54) is 0 Å². The molecule has 0 saturated carbocycles. The molecule has 0 unspecified atom stereocenters. The van der Waals surface area contributed by atoms with Gasteiger partial charge in [-0.3, -0.25) is 4.79 Å². The number of nitrogens with one attached hydrogen (secondary N) is 1. The molecular formula is C18H17ClN2O2. The Kier molecular flexibility index (Phi) is 3.86. The van der Waals surface area contributed by atoms with Gasteiger partial charge in [-0.25, -0.2) is 4.98 Å². The molecule has 4 nitrogen and oxygen atoms in total. The van der Waals surface area contributed by atoms with Crippen LogP contribution in [0.5, 0.6) is 0 Å². The van der Waals surface area contributed by atoms with Crippen molar-refractivity contribution in [2.45, 2.75) is 27.7 Å². The van der Waals surface area contributed by atoms with Crippen molar-refractivity contribution in [2.24, 2.45) is 0 Å². The molecule has 0 saturated heterocycles. The van der Waals surface area contributed by atoms with E-state index in [9.17, 15) is 4.79 Å². The first-order valence-corrected chi connectivity index (χ1v) is 7.69. The predicted octanol–water partition coefficient (Wildman–Crippen LogP) is 4.97. The number of carbonyl (C=O) groups excluding carboxylic acids is 1. The van der Waals surface area contributed by atoms with Crippen molar-refractivity contribution >= 4 is 34.3 Å². The van der Waals surface area contributed by atoms with Gasteiger partial charge >= 0.3 is 0 Å². The normalized spacial score (nSPS) is 11.0. The third-order valence-electron chi connectivity index (χ3n) is 4.24. The molecule has 0 aliphatic heterocycles. The Balaban J connectivity index is 1.95. The van der Waals surface area contributed by atoms with Crippen molar-refractivity contribution in [2.75, 3.05) is 5.32 Å². The molecule has 0 radical (unpaired) electrons. The molecule has 3 aromatic rings. The quantitative estimate of drug-likeness (QED) is 0.722. The van der Waals surface area contributed by atoms with Crippen LogP contribution in [-0.2, 0) is 0 Å². The highest BCUT2D eigenvalue weighted by atomic mass is 35.5. The van der Waals surface area contributed by atoms with Crippen molar-refractivity contribution in [3.05, 3.63) is 57.4 Å². The molecule has 0 atom stereocenters. The minimum atomic E-state index is -0.324. The number of hydrogen-bond donors (Lipinski definition) is 1. The number of rotatable bonds is 2. The van der Waals surface area contributed by atoms with Gasteiger partial charge in [-0.05, 0) is 68.7 Å². The van der Waals surface area contributed by atoms with Crippen molar-refractivity contribution in [1.82, 2.24) is 4.98 Å². The van der Waals surface area contributed by atoms with E-state index >= 15 is 0 Å². The van der Waals surface area contributed by atoms with E-state index in [1.54, 1.807) is 24.3 Å². The summed E-state index contributed by atoms with van der Waals surface area (Å²) in [7, 11) is 0. The van der Waals surface area contributed by atoms with Gasteiger partial charge in [0.2, 0.25) is 0 Å². The van der Waals surface area contributed by atoms with Crippen LogP contribution in [0.25, 0.3) is 11.0 Å². The standard InChI is InChI=1S/C18H17ClN2O2/c1-9-10(2)12(4)20-17(11(9)3)21-18(22)16-8-13-7-14(19)5-6-15(13)23-16/h5-8H,1-4H3,(H,20,21,22). The lowest BCUT2D eigenvalue weighted by Gasteiger charge is -2.13. The van der Waals surface area contributed by atoms with Crippen LogP contribution >= 0.6 is 11.6 Å². The first-order chi connectivity index (χ1) is 10.9. The second kappa shape index (κ2) is 5.70. The number of furan rings is 1. The Morgan fingerprint density at radius 2 is 1.83 bits per heavy atom. The minimum Gasteiger partial charge on any atom is -0.451 e. The molecule has 2 heterocycles. The van der Waals surface area contributed by atoms with Crippen LogP contribution in [0.1, 0.15) is 32.9 Å². The summed E-state index contributed by atoms with van der Waals surface area (Å²) in [5.74, 6) is 0.476. The SMILES string of the molecule is Cc1nc(NC(=O)c2cc3cc(Cl)ccc3o2)c(C)c(C)c1C. The first-order valence-electron chi connectivity index (χ1n) is 7.31. The molecule has 1 aromatic carbocycles. The summed E-state index contributed by atoms with van der Waals surface area (Å²) in [4.78, 5) is 16.9. The summed E-state index contributed by atoms with van der Waals surface area (Å²) in [6.45, 7) is 7.93. The van der Waals surface area contributed by atoms with E-state index in [1.807, 2.05) is 27.7 Å². The lowest BCUT2D eigenvalue weighted by atomic mass is 10.0. The fourth-order valence-corrected chi connectivity index (χ4v) is 2.66. The number of aromatic nitrogens is 1. The number of benzene rings is 1. The maximum absolute atomic E-state index is 12.5. The molecule has 2 aromatic heterocycles. The van der Waals surface area contributed by atoms with Gasteiger partial charge in [-0.1, -0.05) is 11.6 Å². The Labute approximate surface area is 139 Å². The van der Waals surface area contributed by atoms with Crippen LogP contribution in [0.4, 0.5) is 5.82 Å². The van der Waals surface area contributed by atoms with E-state index < -0.39 is 0 Å². The van der Waals surface area contributed by atoms with Gasteiger partial charge in [0.1, 0.15) is 11.4 Å². The largest absolute Gasteiger partial charge is 0.451 e. The lowest BCUT2D eigenvalue weighted by molar-refractivity contribution is 0.0998. The molecule has 1 N–H and O–H groups in total. The first kappa shape index (κ1) is 15.6. The van der Waals surface area contributed by atoms with Crippen LogP contribution in [0.15, 0.2) is 28.7 Å². The van der Waals surface area contributed by atoms with Crippen LogP contribution in [0, 0.1) is 27.7 Å². The Morgan fingerprint density at radius 1 is 1.09 bits per heavy atom. The molecule has 0 bridgehead atoms. The zero-order valence-corrected chi connectivity index (χ0v) is 14.2. The fraction of sp³-hybridized carbons (Fsp3) is 0.222. The number of halogens is 1. The average molecular weight is 329 g/mol. The van der Waals surface area contributed by atoms with Gasteiger partial charge in [-0.2, -0.15) is 0 Å². The molecule has 0 fully saturated rings. The number of pyridine rings is 1. The third kappa shape index (κ3) is 2.82. The Bertz CT molecular complexity index is 928. The van der Waals surface area contributed by atoms with Crippen molar-refractivity contribution in [3.8, 4) is 0 Å². The van der Waals surface area contributed by atoms with Crippen LogP contribution in [-0.4, -0.2) is 10.9 Å². The Hall–Kier alpha value is -2.33. The number of anilines is 1. The highest BCUT2D eigenvalue weighted by Gasteiger charge is 2.16. The summed E-state index contributed by atoms with van der Waals surface area (Å²) in [5, 5.41) is 4.23. The van der Waals surface area contributed by atoms with Crippen molar-refractivity contribution < 1.29 is 9.21 Å².